The van der Waals surface area contributed by atoms with Gasteiger partial charge in [-0.25, -0.2) is 0 Å². The van der Waals surface area contributed by atoms with Crippen molar-refractivity contribution in [3.63, 3.8) is 0 Å². The summed E-state index contributed by atoms with van der Waals surface area (Å²) in [4.78, 5) is 79.0. The molecule has 0 unspecified atom stereocenters. The van der Waals surface area contributed by atoms with Crippen molar-refractivity contribution in [2.45, 2.75) is 180 Å². The van der Waals surface area contributed by atoms with E-state index in [1.165, 1.54) is 102 Å². The van der Waals surface area contributed by atoms with Gasteiger partial charge in [0.15, 0.2) is 0 Å². The van der Waals surface area contributed by atoms with Gasteiger partial charge in [-0.3, -0.25) is 28.8 Å². The molecular weight excluding hydrogens is 927 g/mol. The first-order valence-electron chi connectivity index (χ1n) is 29.3. The highest BCUT2D eigenvalue weighted by Crippen LogP contribution is 2.59. The molecule has 74 heavy (non-hydrogen) atoms. The Balaban J connectivity index is 0.000000139. The number of aliphatic carboxylic acids is 1. The van der Waals surface area contributed by atoms with Crippen LogP contribution >= 0.6 is 0 Å². The van der Waals surface area contributed by atoms with Gasteiger partial charge < -0.3 is 24.5 Å². The highest BCUT2D eigenvalue weighted by atomic mass is 16.6. The molecule has 0 atom stereocenters. The lowest BCUT2D eigenvalue weighted by Crippen LogP contribution is -2.55. The Hall–Kier alpha value is -4.54. The lowest BCUT2D eigenvalue weighted by molar-refractivity contribution is -0.154. The Morgan fingerprint density at radius 2 is 1.04 bits per heavy atom. The van der Waals surface area contributed by atoms with Crippen molar-refractivity contribution < 1.29 is 38.6 Å². The predicted octanol–water partition coefficient (Wildman–Crippen LogP) is 10.7. The first kappa shape index (κ1) is 51.6. The number of carbonyl (C=O) groups excluding carboxylic acids is 5. The summed E-state index contributed by atoms with van der Waals surface area (Å²) in [6.07, 6.45) is 23.8. The van der Waals surface area contributed by atoms with E-state index in [1.54, 1.807) is 38.8 Å². The molecule has 4 heterocycles. The monoisotopic (exact) mass is 1010 g/mol. The molecule has 11 nitrogen and oxygen atoms in total. The summed E-state index contributed by atoms with van der Waals surface area (Å²) in [5.41, 5.74) is 4.15. The number of benzene rings is 2. The minimum atomic E-state index is -1.09. The van der Waals surface area contributed by atoms with Crippen LogP contribution in [0.25, 0.3) is 0 Å². The molecule has 0 aromatic heterocycles. The number of carboxylic acids is 1. The summed E-state index contributed by atoms with van der Waals surface area (Å²) >= 11 is 0. The minimum absolute atomic E-state index is 0.00335. The van der Waals surface area contributed by atoms with Gasteiger partial charge in [-0.05, 0) is 224 Å². The average Bonchev–Trinajstić information content (AvgIpc) is 3.62. The summed E-state index contributed by atoms with van der Waals surface area (Å²) < 4.78 is 4.30. The SMILES string of the molecule is CC(C)(CC(=O)N1Cc2ccccc2C2(CCN(C(=O)CC3C4CC5CC(C4)CC3C5)CC2)C1)C(=O)O.CC1(C)CC(=O)OC1=O.O=C(CC1C2CC3CC(C2)CC1C3)N1CCC2(CCCc3ccccc32)CC1. The van der Waals surface area contributed by atoms with Gasteiger partial charge in [0.1, 0.15) is 0 Å². The van der Waals surface area contributed by atoms with E-state index in [0.717, 1.165) is 105 Å². The van der Waals surface area contributed by atoms with Gasteiger partial charge in [0.2, 0.25) is 17.7 Å². The van der Waals surface area contributed by atoms with Gasteiger partial charge in [-0.2, -0.15) is 0 Å². The van der Waals surface area contributed by atoms with E-state index < -0.39 is 28.7 Å². The zero-order valence-electron chi connectivity index (χ0n) is 45.1. The molecule has 13 aliphatic rings. The number of amides is 3. The van der Waals surface area contributed by atoms with Crippen molar-refractivity contribution in [3.8, 4) is 0 Å². The summed E-state index contributed by atoms with van der Waals surface area (Å²) in [7, 11) is 0. The topological polar surface area (TPSA) is 142 Å². The van der Waals surface area contributed by atoms with Crippen LogP contribution in [0.3, 0.4) is 0 Å². The number of ether oxygens (including phenoxy) is 1. The fraction of sp³-hybridized carbons (Fsp3) is 0.714. The lowest BCUT2D eigenvalue weighted by Gasteiger charge is -2.54. The molecule has 3 saturated heterocycles. The maximum absolute atomic E-state index is 13.5. The Morgan fingerprint density at radius 3 is 1.47 bits per heavy atom. The Kier molecular flexibility index (Phi) is 14.0. The predicted molar refractivity (Wildman–Crippen MR) is 282 cm³/mol. The molecule has 15 rings (SSSR count). The molecule has 1 N–H and O–H groups in total. The number of rotatable bonds is 7. The summed E-state index contributed by atoms with van der Waals surface area (Å²) in [6.45, 7) is 11.2. The van der Waals surface area contributed by atoms with Crippen LogP contribution in [-0.4, -0.2) is 88.2 Å². The molecule has 0 radical (unpaired) electrons. The van der Waals surface area contributed by atoms with E-state index in [2.05, 4.69) is 57.0 Å². The summed E-state index contributed by atoms with van der Waals surface area (Å²) in [5.74, 6) is 7.45. The van der Waals surface area contributed by atoms with Crippen LogP contribution in [0.15, 0.2) is 48.5 Å². The minimum Gasteiger partial charge on any atom is -0.481 e. The maximum atomic E-state index is 13.5. The average molecular weight is 1010 g/mol. The normalized spacial score (nSPS) is 33.2. The van der Waals surface area contributed by atoms with Crippen molar-refractivity contribution in [2.75, 3.05) is 32.7 Å². The second-order valence-corrected chi connectivity index (χ2v) is 27.5. The standard InChI is InChI=1S/C31H42N2O4.C26H35NO.C6H8O3/c1-30(2,29(36)37)17-28(35)33-18-22-5-3-4-6-26(22)31(19-33)7-9-32(10-8-31)27(34)16-25-23-12-20-11-21(14-23)15-24(25)13-20;28-25(17-23-21-13-18-12-19(15-21)16-22(23)14-18)27-10-8-26(9-11-27)7-3-5-20-4-1-2-6-24(20)26;1-6(2)3-4(7)9-5(6)8/h3-6,20-21,23-25H,7-19H2,1-2H3,(H,36,37);1-2,4,6,18-19,21-23H,3,5,7-17H2;3H2,1-2H3. The number of carbonyl (C=O) groups is 6. The van der Waals surface area contributed by atoms with Crippen molar-refractivity contribution in [2.24, 2.45) is 70.0 Å². The van der Waals surface area contributed by atoms with Crippen LogP contribution < -0.4 is 0 Å². The summed E-state index contributed by atoms with van der Waals surface area (Å²) in [5, 5.41) is 9.55. The Bertz CT molecular complexity index is 2440. The largest absolute Gasteiger partial charge is 0.481 e. The quantitative estimate of drug-likeness (QED) is 0.213. The van der Waals surface area contributed by atoms with Gasteiger partial charge in [-0.1, -0.05) is 48.5 Å². The van der Waals surface area contributed by atoms with Gasteiger partial charge in [0, 0.05) is 63.9 Å². The maximum Gasteiger partial charge on any atom is 0.319 e. The third kappa shape index (κ3) is 10.1. The molecule has 2 spiro atoms. The zero-order valence-corrected chi connectivity index (χ0v) is 45.1. The molecule has 4 aliphatic heterocycles. The van der Waals surface area contributed by atoms with Gasteiger partial charge in [-0.15, -0.1) is 0 Å². The molecule has 8 bridgehead atoms. The molecular formula is C63H85N3O8. The Morgan fingerprint density at radius 1 is 0.595 bits per heavy atom. The van der Waals surface area contributed by atoms with Crippen molar-refractivity contribution in [1.29, 1.82) is 0 Å². The second-order valence-electron chi connectivity index (χ2n) is 27.5. The molecule has 8 saturated carbocycles. The van der Waals surface area contributed by atoms with Crippen molar-refractivity contribution in [1.82, 2.24) is 14.7 Å². The highest BCUT2D eigenvalue weighted by molar-refractivity contribution is 5.96. The summed E-state index contributed by atoms with van der Waals surface area (Å²) in [6, 6.07) is 17.5. The number of hydrogen-bond acceptors (Lipinski definition) is 7. The number of nitrogens with zero attached hydrogens (tertiary/aromatic N) is 3. The number of esters is 2. The molecule has 11 heteroatoms. The second kappa shape index (κ2) is 20.1. The first-order valence-corrected chi connectivity index (χ1v) is 29.3. The van der Waals surface area contributed by atoms with E-state index in [-0.39, 0.29) is 24.2 Å². The molecule has 2 aromatic rings. The van der Waals surface area contributed by atoms with E-state index in [4.69, 9.17) is 0 Å². The zero-order chi connectivity index (χ0) is 51.7. The fourth-order valence-electron chi connectivity index (χ4n) is 18.1. The van der Waals surface area contributed by atoms with Gasteiger partial charge >= 0.3 is 17.9 Å². The van der Waals surface area contributed by atoms with Crippen LogP contribution in [0.4, 0.5) is 0 Å². The van der Waals surface area contributed by atoms with Gasteiger partial charge in [0.25, 0.3) is 0 Å². The number of aryl methyl sites for hydroxylation is 1. The smallest absolute Gasteiger partial charge is 0.319 e. The number of carboxylic acid groups (broad SMARTS) is 1. The Labute approximate surface area is 440 Å². The van der Waals surface area contributed by atoms with Gasteiger partial charge in [0.05, 0.1) is 17.3 Å². The molecule has 11 fully saturated rings. The molecule has 2 aromatic carbocycles. The van der Waals surface area contributed by atoms with E-state index in [1.807, 2.05) is 11.0 Å². The van der Waals surface area contributed by atoms with Crippen LogP contribution in [0.2, 0.25) is 0 Å². The number of hydrogen-bond donors (Lipinski definition) is 1. The van der Waals surface area contributed by atoms with Crippen LogP contribution in [-0.2, 0) is 57.3 Å². The van der Waals surface area contributed by atoms with Crippen molar-refractivity contribution in [3.05, 3.63) is 70.8 Å². The number of piperidine rings is 2. The van der Waals surface area contributed by atoms with E-state index >= 15 is 0 Å². The molecule has 9 aliphatic carbocycles. The van der Waals surface area contributed by atoms with E-state index in [0.29, 0.717) is 42.2 Å². The molecule has 400 valence electrons. The number of fused-ring (bicyclic) bond motifs is 4. The third-order valence-corrected chi connectivity index (χ3v) is 21.8. The van der Waals surface area contributed by atoms with Crippen LogP contribution in [0.1, 0.15) is 178 Å². The number of likely N-dealkylation sites (tertiary alicyclic amines) is 2. The third-order valence-electron chi connectivity index (χ3n) is 21.8. The fourth-order valence-corrected chi connectivity index (χ4v) is 18.1. The lowest BCUT2D eigenvalue weighted by atomic mass is 9.51. The number of cyclic esters (lactones) is 2. The van der Waals surface area contributed by atoms with E-state index in [9.17, 15) is 33.9 Å². The van der Waals surface area contributed by atoms with Crippen LogP contribution in [0, 0.1) is 70.0 Å². The highest BCUT2D eigenvalue weighted by Gasteiger charge is 2.52. The van der Waals surface area contributed by atoms with Crippen LogP contribution in [0.5, 0.6) is 0 Å². The van der Waals surface area contributed by atoms with Crippen molar-refractivity contribution >= 4 is 35.6 Å². The first-order chi connectivity index (χ1) is 35.4. The molecule has 3 amide bonds.